The van der Waals surface area contributed by atoms with Crippen molar-refractivity contribution in [3.63, 3.8) is 0 Å². The SMILES string of the molecule is CNS(=O)(=O)c1cc(-c2sc(Nc3cccc(N4CC(=O)N5CCC[C@H]5C4=O)n3)nc2C)cc2c1C(=O)N([C@@H](C)C1CC1)C2. The number of hydrogen-bond donors (Lipinski definition) is 2. The van der Waals surface area contributed by atoms with Gasteiger partial charge in [-0.15, -0.1) is 0 Å². The Kier molecular flexibility index (Phi) is 6.98. The monoisotopic (exact) mass is 635 g/mol. The van der Waals surface area contributed by atoms with Crippen molar-refractivity contribution < 1.29 is 22.8 Å². The van der Waals surface area contributed by atoms with Crippen LogP contribution >= 0.6 is 11.3 Å². The van der Waals surface area contributed by atoms with Crippen LogP contribution in [0.2, 0.25) is 0 Å². The summed E-state index contributed by atoms with van der Waals surface area (Å²) in [6.07, 6.45) is 3.63. The number of carbonyl (C=O) groups is 3. The number of piperazine rings is 1. The first-order valence-corrected chi connectivity index (χ1v) is 17.1. The summed E-state index contributed by atoms with van der Waals surface area (Å²) in [5.74, 6) is 0.860. The Morgan fingerprint density at radius 1 is 1.07 bits per heavy atom. The minimum atomic E-state index is -3.92. The molecule has 14 heteroatoms. The molecule has 230 valence electrons. The van der Waals surface area contributed by atoms with Gasteiger partial charge in [0.1, 0.15) is 24.2 Å². The lowest BCUT2D eigenvalue weighted by Gasteiger charge is -2.35. The number of pyridine rings is 1. The minimum Gasteiger partial charge on any atom is -0.331 e. The van der Waals surface area contributed by atoms with E-state index in [-0.39, 0.29) is 40.8 Å². The topological polar surface area (TPSA) is 145 Å². The lowest BCUT2D eigenvalue weighted by Crippen LogP contribution is -2.57. The molecule has 3 aliphatic heterocycles. The highest BCUT2D eigenvalue weighted by molar-refractivity contribution is 7.89. The van der Waals surface area contributed by atoms with Gasteiger partial charge in [-0.05, 0) is 87.9 Å². The van der Waals surface area contributed by atoms with Gasteiger partial charge in [0.15, 0.2) is 5.13 Å². The van der Waals surface area contributed by atoms with Gasteiger partial charge < -0.3 is 15.1 Å². The number of hydrogen-bond acceptors (Lipinski definition) is 9. The van der Waals surface area contributed by atoms with Crippen molar-refractivity contribution in [1.82, 2.24) is 24.5 Å². The first-order valence-electron chi connectivity index (χ1n) is 14.8. The van der Waals surface area contributed by atoms with Crippen LogP contribution in [0.5, 0.6) is 0 Å². The largest absolute Gasteiger partial charge is 0.331 e. The number of amides is 3. The van der Waals surface area contributed by atoms with Gasteiger partial charge in [-0.2, -0.15) is 0 Å². The molecule has 2 saturated heterocycles. The van der Waals surface area contributed by atoms with Crippen molar-refractivity contribution in [1.29, 1.82) is 0 Å². The summed E-state index contributed by atoms with van der Waals surface area (Å²) < 4.78 is 28.7. The van der Waals surface area contributed by atoms with Crippen molar-refractivity contribution in [3.8, 4) is 10.4 Å². The molecule has 1 saturated carbocycles. The first-order chi connectivity index (χ1) is 21.1. The summed E-state index contributed by atoms with van der Waals surface area (Å²) in [5, 5.41) is 3.74. The van der Waals surface area contributed by atoms with E-state index in [1.807, 2.05) is 19.9 Å². The molecule has 1 aromatic carbocycles. The maximum Gasteiger partial charge on any atom is 0.256 e. The highest BCUT2D eigenvalue weighted by Crippen LogP contribution is 2.42. The second-order valence-corrected chi connectivity index (χ2v) is 14.7. The number of anilines is 3. The highest BCUT2D eigenvalue weighted by atomic mass is 32.2. The van der Waals surface area contributed by atoms with E-state index in [9.17, 15) is 22.8 Å². The molecule has 0 radical (unpaired) electrons. The van der Waals surface area contributed by atoms with Crippen LogP contribution in [0.4, 0.5) is 16.8 Å². The smallest absolute Gasteiger partial charge is 0.256 e. The third-order valence-electron chi connectivity index (χ3n) is 9.08. The van der Waals surface area contributed by atoms with E-state index in [1.54, 1.807) is 34.1 Å². The maximum absolute atomic E-state index is 13.5. The molecule has 12 nitrogen and oxygen atoms in total. The molecule has 3 aromatic rings. The predicted molar refractivity (Wildman–Crippen MR) is 165 cm³/mol. The molecule has 44 heavy (non-hydrogen) atoms. The van der Waals surface area contributed by atoms with E-state index in [4.69, 9.17) is 0 Å². The van der Waals surface area contributed by atoms with Crippen LogP contribution in [0.3, 0.4) is 0 Å². The average molecular weight is 636 g/mol. The standard InChI is InChI=1S/C30H33N7O5S2/c1-16-27(19-12-20-14-36(17(2)18-9-10-18)29(40)26(20)22(13-19)44(41,42)31-3)43-30(32-16)34-23-7-4-8-24(33-23)37-15-25(38)35-11-5-6-21(35)28(37)39/h4,7-8,12-13,17-18,21,31H,5-6,9-11,14-15H2,1-3H3,(H,32,33,34)/t17-,21-/m0/s1. The van der Waals surface area contributed by atoms with Crippen LogP contribution < -0.4 is 14.9 Å². The van der Waals surface area contributed by atoms with Gasteiger partial charge in [0.2, 0.25) is 15.9 Å². The Balaban J connectivity index is 1.18. The Labute approximate surface area is 259 Å². The second kappa shape index (κ2) is 10.6. The number of aryl methyl sites for hydroxylation is 1. The van der Waals surface area contributed by atoms with E-state index in [2.05, 4.69) is 20.0 Å². The van der Waals surface area contributed by atoms with E-state index >= 15 is 0 Å². The van der Waals surface area contributed by atoms with Crippen LogP contribution in [0.1, 0.15) is 54.2 Å². The fourth-order valence-corrected chi connectivity index (χ4v) is 8.47. The van der Waals surface area contributed by atoms with Gasteiger partial charge in [0.25, 0.3) is 11.8 Å². The summed E-state index contributed by atoms with van der Waals surface area (Å²) in [6, 6.07) is 8.31. The normalized spacial score (nSPS) is 20.8. The number of fused-ring (bicyclic) bond motifs is 2. The third kappa shape index (κ3) is 4.85. The molecule has 3 fully saturated rings. The van der Waals surface area contributed by atoms with Crippen LogP contribution in [0.15, 0.2) is 35.2 Å². The third-order valence-corrected chi connectivity index (χ3v) is 11.6. The Bertz CT molecular complexity index is 1820. The predicted octanol–water partition coefficient (Wildman–Crippen LogP) is 3.26. The average Bonchev–Trinajstić information content (AvgIpc) is 3.46. The minimum absolute atomic E-state index is 0.0266. The van der Waals surface area contributed by atoms with E-state index in [0.29, 0.717) is 59.0 Å². The van der Waals surface area contributed by atoms with Gasteiger partial charge in [-0.25, -0.2) is 23.1 Å². The van der Waals surface area contributed by atoms with E-state index in [1.165, 1.54) is 23.3 Å². The van der Waals surface area contributed by atoms with Crippen molar-refractivity contribution in [2.24, 2.45) is 5.92 Å². The fraction of sp³-hybridized carbons (Fsp3) is 0.433. The van der Waals surface area contributed by atoms with Crippen LogP contribution in [0.25, 0.3) is 10.4 Å². The Hall–Kier alpha value is -3.88. The van der Waals surface area contributed by atoms with Crippen molar-refractivity contribution >= 4 is 55.8 Å². The first kappa shape index (κ1) is 28.9. The molecule has 7 rings (SSSR count). The number of sulfonamides is 1. The van der Waals surface area contributed by atoms with Gasteiger partial charge in [-0.1, -0.05) is 17.4 Å². The van der Waals surface area contributed by atoms with Crippen molar-refractivity contribution in [3.05, 3.63) is 47.2 Å². The molecular formula is C30H33N7O5S2. The molecule has 2 atom stereocenters. The van der Waals surface area contributed by atoms with Gasteiger partial charge >= 0.3 is 0 Å². The molecule has 3 amide bonds. The summed E-state index contributed by atoms with van der Waals surface area (Å²) >= 11 is 1.34. The number of rotatable bonds is 8. The molecule has 4 aliphatic rings. The second-order valence-electron chi connectivity index (χ2n) is 11.8. The van der Waals surface area contributed by atoms with Crippen LogP contribution in [-0.4, -0.2) is 78.1 Å². The Morgan fingerprint density at radius 3 is 2.61 bits per heavy atom. The molecule has 2 N–H and O–H groups in total. The quantitative estimate of drug-likeness (QED) is 0.384. The molecular weight excluding hydrogens is 603 g/mol. The summed E-state index contributed by atoms with van der Waals surface area (Å²) in [5.41, 5.74) is 2.28. The molecule has 0 spiro atoms. The van der Waals surface area contributed by atoms with E-state index < -0.39 is 16.1 Å². The lowest BCUT2D eigenvalue weighted by molar-refractivity contribution is -0.140. The summed E-state index contributed by atoms with van der Waals surface area (Å²) in [7, 11) is -2.58. The number of nitrogens with one attached hydrogen (secondary N) is 2. The zero-order valence-electron chi connectivity index (χ0n) is 24.7. The van der Waals surface area contributed by atoms with Gasteiger partial charge in [0.05, 0.1) is 21.0 Å². The van der Waals surface area contributed by atoms with Crippen LogP contribution in [0, 0.1) is 12.8 Å². The molecule has 5 heterocycles. The molecule has 2 aromatic heterocycles. The zero-order valence-corrected chi connectivity index (χ0v) is 26.3. The summed E-state index contributed by atoms with van der Waals surface area (Å²) in [4.78, 5) is 54.2. The number of nitrogens with zero attached hydrogens (tertiary/aromatic N) is 5. The molecule has 1 aliphatic carbocycles. The number of carbonyl (C=O) groups excluding carboxylic acids is 3. The maximum atomic E-state index is 13.5. The number of benzene rings is 1. The number of aromatic nitrogens is 2. The van der Waals surface area contributed by atoms with Gasteiger partial charge in [-0.3, -0.25) is 19.3 Å². The van der Waals surface area contributed by atoms with Gasteiger partial charge in [0, 0.05) is 19.1 Å². The molecule has 0 bridgehead atoms. The highest BCUT2D eigenvalue weighted by Gasteiger charge is 2.43. The molecule has 0 unspecified atom stereocenters. The fourth-order valence-electron chi connectivity index (χ4n) is 6.52. The zero-order chi connectivity index (χ0) is 30.9. The lowest BCUT2D eigenvalue weighted by atomic mass is 10.0. The van der Waals surface area contributed by atoms with E-state index in [0.717, 1.165) is 24.1 Å². The van der Waals surface area contributed by atoms with Crippen molar-refractivity contribution in [2.45, 2.75) is 63.1 Å². The number of thiazole rings is 1. The van der Waals surface area contributed by atoms with Crippen molar-refractivity contribution in [2.75, 3.05) is 30.4 Å². The Morgan fingerprint density at radius 2 is 1.86 bits per heavy atom. The van der Waals surface area contributed by atoms with Crippen LogP contribution in [-0.2, 0) is 26.2 Å². The summed E-state index contributed by atoms with van der Waals surface area (Å²) in [6.45, 7) is 4.82.